The minimum atomic E-state index is -4.57. The molecule has 1 amide bonds. The number of amides is 1. The number of esters is 1. The number of halogens is 3. The number of methoxy groups -OCH3 is 1. The van der Waals surface area contributed by atoms with Gasteiger partial charge in [-0.3, -0.25) is 4.79 Å². The Morgan fingerprint density at radius 2 is 2.16 bits per heavy atom. The summed E-state index contributed by atoms with van der Waals surface area (Å²) in [6.45, 7) is -0.332. The first kappa shape index (κ1) is 19.0. The maximum absolute atomic E-state index is 12.4. The summed E-state index contributed by atoms with van der Waals surface area (Å²) in [6.07, 6.45) is -5.34. The van der Waals surface area contributed by atoms with Crippen molar-refractivity contribution in [3.05, 3.63) is 23.8 Å². The highest BCUT2D eigenvalue weighted by Crippen LogP contribution is 2.28. The molecule has 1 heterocycles. The number of carbonyl (C=O) groups is 2. The van der Waals surface area contributed by atoms with Crippen LogP contribution in [0.25, 0.3) is 0 Å². The number of morpholine rings is 1. The lowest BCUT2D eigenvalue weighted by Gasteiger charge is -2.23. The van der Waals surface area contributed by atoms with Crippen molar-refractivity contribution < 1.29 is 37.0 Å². The molecule has 0 bridgehead atoms. The van der Waals surface area contributed by atoms with Crippen LogP contribution in [0.5, 0.6) is 5.75 Å². The molecule has 1 fully saturated rings. The van der Waals surface area contributed by atoms with Gasteiger partial charge in [-0.1, -0.05) is 0 Å². The molecule has 1 saturated heterocycles. The van der Waals surface area contributed by atoms with Gasteiger partial charge in [0.15, 0.2) is 6.61 Å². The van der Waals surface area contributed by atoms with Crippen LogP contribution in [0.4, 0.5) is 18.9 Å². The van der Waals surface area contributed by atoms with Crippen LogP contribution < -0.4 is 15.4 Å². The summed E-state index contributed by atoms with van der Waals surface area (Å²) >= 11 is 0. The Morgan fingerprint density at radius 3 is 2.76 bits per heavy atom. The lowest BCUT2D eigenvalue weighted by atomic mass is 10.1. The highest BCUT2D eigenvalue weighted by atomic mass is 19.4. The third-order valence-corrected chi connectivity index (χ3v) is 3.27. The molecule has 1 aromatic carbocycles. The summed E-state index contributed by atoms with van der Waals surface area (Å²) in [5, 5.41) is 5.42. The van der Waals surface area contributed by atoms with Gasteiger partial charge in [-0.15, -0.1) is 0 Å². The van der Waals surface area contributed by atoms with Crippen molar-refractivity contribution in [2.45, 2.75) is 12.3 Å². The Bertz CT molecular complexity index is 630. The monoisotopic (exact) mass is 362 g/mol. The predicted octanol–water partition coefficient (Wildman–Crippen LogP) is 1.34. The third-order valence-electron chi connectivity index (χ3n) is 3.27. The quantitative estimate of drug-likeness (QED) is 0.769. The Labute approximate surface area is 141 Å². The van der Waals surface area contributed by atoms with Gasteiger partial charge in [0.1, 0.15) is 11.9 Å². The van der Waals surface area contributed by atoms with Crippen LogP contribution in [0.2, 0.25) is 0 Å². The summed E-state index contributed by atoms with van der Waals surface area (Å²) < 4.78 is 51.8. The second-order valence-electron chi connectivity index (χ2n) is 5.16. The number of ether oxygens (including phenoxy) is 3. The SMILES string of the molecule is COC(=O)c1ccc(NC(=O)[C@H]2CNCCO2)c(OCC(F)(F)F)c1. The molecule has 0 spiro atoms. The van der Waals surface area contributed by atoms with Crippen LogP contribution in [0.1, 0.15) is 10.4 Å². The van der Waals surface area contributed by atoms with Crippen molar-refractivity contribution in [2.24, 2.45) is 0 Å². The first-order valence-electron chi connectivity index (χ1n) is 7.35. The second-order valence-corrected chi connectivity index (χ2v) is 5.16. The molecule has 0 saturated carbocycles. The fourth-order valence-corrected chi connectivity index (χ4v) is 2.10. The molecule has 1 aromatic rings. The fraction of sp³-hybridized carbons (Fsp3) is 0.467. The average molecular weight is 362 g/mol. The molecule has 10 heteroatoms. The molecular formula is C15H17F3N2O5. The van der Waals surface area contributed by atoms with Crippen LogP contribution in [-0.2, 0) is 14.3 Å². The minimum Gasteiger partial charge on any atom is -0.482 e. The van der Waals surface area contributed by atoms with Gasteiger partial charge in [0, 0.05) is 13.1 Å². The lowest BCUT2D eigenvalue weighted by molar-refractivity contribution is -0.153. The molecule has 1 aliphatic rings. The molecule has 0 unspecified atom stereocenters. The zero-order valence-electron chi connectivity index (χ0n) is 13.3. The van der Waals surface area contributed by atoms with E-state index in [1.165, 1.54) is 12.1 Å². The van der Waals surface area contributed by atoms with Gasteiger partial charge in [0.2, 0.25) is 0 Å². The van der Waals surface area contributed by atoms with E-state index in [0.29, 0.717) is 13.2 Å². The number of rotatable bonds is 5. The molecule has 0 radical (unpaired) electrons. The van der Waals surface area contributed by atoms with E-state index < -0.39 is 30.8 Å². The van der Waals surface area contributed by atoms with E-state index in [9.17, 15) is 22.8 Å². The minimum absolute atomic E-state index is 0.00363. The first-order valence-corrected chi connectivity index (χ1v) is 7.35. The van der Waals surface area contributed by atoms with E-state index in [2.05, 4.69) is 15.4 Å². The second kappa shape index (κ2) is 8.17. The van der Waals surface area contributed by atoms with Gasteiger partial charge < -0.3 is 24.8 Å². The van der Waals surface area contributed by atoms with Gasteiger partial charge in [0.05, 0.1) is 25.0 Å². The van der Waals surface area contributed by atoms with Crippen molar-refractivity contribution in [3.8, 4) is 5.75 Å². The molecule has 0 aromatic heterocycles. The standard InChI is InChI=1S/C15H17F3N2O5/c1-23-14(22)9-2-3-10(11(6-9)25-8-15(16,17)18)20-13(21)12-7-19-4-5-24-12/h2-3,6,12,19H,4-5,7-8H2,1H3,(H,20,21)/t12-/m1/s1. The van der Waals surface area contributed by atoms with Crippen LogP contribution in [0, 0.1) is 0 Å². The highest BCUT2D eigenvalue weighted by molar-refractivity contribution is 5.97. The average Bonchev–Trinajstić information content (AvgIpc) is 2.60. The van der Waals surface area contributed by atoms with Gasteiger partial charge in [-0.05, 0) is 18.2 Å². The van der Waals surface area contributed by atoms with E-state index >= 15 is 0 Å². The number of nitrogens with one attached hydrogen (secondary N) is 2. The Hall–Kier alpha value is -2.33. The number of hydrogen-bond donors (Lipinski definition) is 2. The Morgan fingerprint density at radius 1 is 1.40 bits per heavy atom. The molecule has 138 valence electrons. The molecule has 25 heavy (non-hydrogen) atoms. The zero-order chi connectivity index (χ0) is 18.4. The predicted molar refractivity (Wildman–Crippen MR) is 80.6 cm³/mol. The van der Waals surface area contributed by atoms with Crippen LogP contribution in [-0.4, -0.2) is 57.6 Å². The largest absolute Gasteiger partial charge is 0.482 e. The van der Waals surface area contributed by atoms with Crippen molar-refractivity contribution in [3.63, 3.8) is 0 Å². The van der Waals surface area contributed by atoms with E-state index in [1.54, 1.807) is 0 Å². The fourth-order valence-electron chi connectivity index (χ4n) is 2.10. The van der Waals surface area contributed by atoms with E-state index in [-0.39, 0.29) is 23.5 Å². The summed E-state index contributed by atoms with van der Waals surface area (Å²) in [6, 6.07) is 3.65. The van der Waals surface area contributed by atoms with Crippen molar-refractivity contribution in [2.75, 3.05) is 38.7 Å². The zero-order valence-corrected chi connectivity index (χ0v) is 13.3. The van der Waals surface area contributed by atoms with Crippen LogP contribution >= 0.6 is 0 Å². The normalized spacial score (nSPS) is 17.7. The van der Waals surface area contributed by atoms with E-state index in [4.69, 9.17) is 9.47 Å². The number of carbonyl (C=O) groups excluding carboxylic acids is 2. The van der Waals surface area contributed by atoms with Crippen molar-refractivity contribution >= 4 is 17.6 Å². The molecule has 2 N–H and O–H groups in total. The van der Waals surface area contributed by atoms with Crippen molar-refractivity contribution in [1.82, 2.24) is 5.32 Å². The smallest absolute Gasteiger partial charge is 0.422 e. The summed E-state index contributed by atoms with van der Waals surface area (Å²) in [4.78, 5) is 23.7. The van der Waals surface area contributed by atoms with Crippen LogP contribution in [0.3, 0.4) is 0 Å². The molecular weight excluding hydrogens is 345 g/mol. The summed E-state index contributed by atoms with van der Waals surface area (Å²) in [7, 11) is 1.14. The highest BCUT2D eigenvalue weighted by Gasteiger charge is 2.29. The lowest BCUT2D eigenvalue weighted by Crippen LogP contribution is -2.45. The number of anilines is 1. The van der Waals surface area contributed by atoms with Gasteiger partial charge in [-0.25, -0.2) is 4.79 Å². The van der Waals surface area contributed by atoms with E-state index in [0.717, 1.165) is 13.2 Å². The summed E-state index contributed by atoms with van der Waals surface area (Å²) in [5.74, 6) is -1.57. The van der Waals surface area contributed by atoms with Gasteiger partial charge >= 0.3 is 12.1 Å². The van der Waals surface area contributed by atoms with Gasteiger partial charge in [-0.2, -0.15) is 13.2 Å². The number of benzene rings is 1. The van der Waals surface area contributed by atoms with Crippen LogP contribution in [0.15, 0.2) is 18.2 Å². The van der Waals surface area contributed by atoms with Gasteiger partial charge in [0.25, 0.3) is 5.91 Å². The molecule has 7 nitrogen and oxygen atoms in total. The molecule has 2 rings (SSSR count). The number of hydrogen-bond acceptors (Lipinski definition) is 6. The Balaban J connectivity index is 2.18. The van der Waals surface area contributed by atoms with E-state index in [1.807, 2.05) is 0 Å². The third kappa shape index (κ3) is 5.61. The van der Waals surface area contributed by atoms with Crippen molar-refractivity contribution in [1.29, 1.82) is 0 Å². The number of alkyl halides is 3. The summed E-state index contributed by atoms with van der Waals surface area (Å²) in [5.41, 5.74) is -0.00988. The molecule has 0 aliphatic carbocycles. The molecule has 1 atom stereocenters. The Kier molecular flexibility index (Phi) is 6.21. The maximum atomic E-state index is 12.4. The maximum Gasteiger partial charge on any atom is 0.422 e. The topological polar surface area (TPSA) is 85.9 Å². The first-order chi connectivity index (χ1) is 11.8. The molecule has 1 aliphatic heterocycles.